The van der Waals surface area contributed by atoms with Crippen molar-refractivity contribution in [3.63, 3.8) is 0 Å². The van der Waals surface area contributed by atoms with Crippen LogP contribution in [0.15, 0.2) is 48.5 Å². The van der Waals surface area contributed by atoms with Crippen LogP contribution < -0.4 is 5.48 Å². The normalized spacial score (nSPS) is 14.1. The van der Waals surface area contributed by atoms with Crippen LogP contribution in [0.1, 0.15) is 40.5 Å². The maximum atomic E-state index is 13.7. The number of hydrogen-bond acceptors (Lipinski definition) is 5. The lowest BCUT2D eigenvalue weighted by atomic mass is 10.1. The summed E-state index contributed by atoms with van der Waals surface area (Å²) in [6.45, 7) is -0.143. The van der Waals surface area contributed by atoms with E-state index in [0.29, 0.717) is 22.7 Å². The molecule has 2 N–H and O–H groups in total. The Bertz CT molecular complexity index is 1310. The third-order valence-electron chi connectivity index (χ3n) is 5.38. The van der Waals surface area contributed by atoms with E-state index < -0.39 is 17.8 Å². The minimum Gasteiger partial charge on any atom is -0.288 e. The molecule has 0 radical (unpaired) electrons. The lowest BCUT2D eigenvalue weighted by molar-refractivity contribution is -0.144. The summed E-state index contributed by atoms with van der Waals surface area (Å²) in [4.78, 5) is 11.4. The molecule has 1 aliphatic carbocycles. The van der Waals surface area contributed by atoms with Gasteiger partial charge in [-0.15, -0.1) is 5.10 Å². The molecule has 0 spiro atoms. The van der Waals surface area contributed by atoms with Crippen molar-refractivity contribution in [1.29, 1.82) is 0 Å². The molecule has 0 bridgehead atoms. The molecule has 1 aliphatic rings. The molecule has 2 aromatic heterocycles. The summed E-state index contributed by atoms with van der Waals surface area (Å²) < 4.78 is 43.8. The van der Waals surface area contributed by atoms with Crippen LogP contribution in [0.4, 0.5) is 13.2 Å². The Hall–Kier alpha value is -3.73. The number of amides is 1. The first kappa shape index (κ1) is 20.2. The number of rotatable bonds is 5. The Morgan fingerprint density at radius 2 is 1.88 bits per heavy atom. The summed E-state index contributed by atoms with van der Waals surface area (Å²) in [7, 11) is 0. The van der Waals surface area contributed by atoms with Gasteiger partial charge in [-0.3, -0.25) is 14.7 Å². The van der Waals surface area contributed by atoms with Gasteiger partial charge < -0.3 is 0 Å². The fraction of sp³-hybridized carbons (Fsp3) is 0.238. The van der Waals surface area contributed by atoms with E-state index in [1.807, 2.05) is 4.68 Å². The van der Waals surface area contributed by atoms with Crippen molar-refractivity contribution in [3.8, 4) is 11.3 Å². The monoisotopic (exact) mass is 442 g/mol. The van der Waals surface area contributed by atoms with E-state index in [4.69, 9.17) is 5.21 Å². The number of hydroxylamine groups is 1. The molecule has 1 saturated carbocycles. The zero-order valence-corrected chi connectivity index (χ0v) is 16.5. The zero-order valence-electron chi connectivity index (χ0n) is 16.5. The van der Waals surface area contributed by atoms with E-state index in [1.165, 1.54) is 29.7 Å². The van der Waals surface area contributed by atoms with Gasteiger partial charge in [-0.2, -0.15) is 18.3 Å². The van der Waals surface area contributed by atoms with Gasteiger partial charge in [-0.1, -0.05) is 23.4 Å². The first-order valence-corrected chi connectivity index (χ1v) is 9.87. The fourth-order valence-electron chi connectivity index (χ4n) is 3.60. The molecule has 8 nitrogen and oxygen atoms in total. The van der Waals surface area contributed by atoms with Gasteiger partial charge in [0.2, 0.25) is 0 Å². The Morgan fingerprint density at radius 3 is 2.53 bits per heavy atom. The quantitative estimate of drug-likeness (QED) is 0.362. The van der Waals surface area contributed by atoms with Gasteiger partial charge in [0.1, 0.15) is 11.2 Å². The second kappa shape index (κ2) is 7.45. The van der Waals surface area contributed by atoms with Crippen molar-refractivity contribution >= 4 is 16.9 Å². The topological polar surface area (TPSA) is 97.9 Å². The van der Waals surface area contributed by atoms with Crippen molar-refractivity contribution in [1.82, 2.24) is 30.3 Å². The molecule has 11 heteroatoms. The number of aromatic nitrogens is 5. The Morgan fingerprint density at radius 1 is 1.12 bits per heavy atom. The number of fused-ring (bicyclic) bond motifs is 1. The summed E-state index contributed by atoms with van der Waals surface area (Å²) in [6.07, 6.45) is -2.50. The molecule has 164 valence electrons. The van der Waals surface area contributed by atoms with Gasteiger partial charge in [0.15, 0.2) is 0 Å². The molecule has 32 heavy (non-hydrogen) atoms. The molecule has 0 saturated heterocycles. The van der Waals surface area contributed by atoms with E-state index in [0.717, 1.165) is 29.1 Å². The van der Waals surface area contributed by atoms with Crippen LogP contribution in [0.2, 0.25) is 0 Å². The SMILES string of the molecule is O=C(NO)c1ccc(Cn2nc(-c3ccc4c(c3)nnn4C3CC3)cc2C(F)(F)F)cc1. The second-order valence-corrected chi connectivity index (χ2v) is 7.68. The van der Waals surface area contributed by atoms with Crippen LogP contribution in [0.25, 0.3) is 22.3 Å². The molecule has 0 atom stereocenters. The first-order chi connectivity index (χ1) is 15.3. The van der Waals surface area contributed by atoms with Crippen LogP contribution in [0.3, 0.4) is 0 Å². The molecule has 1 fully saturated rings. The van der Waals surface area contributed by atoms with Gasteiger partial charge in [0.05, 0.1) is 23.8 Å². The minimum absolute atomic E-state index is 0.143. The summed E-state index contributed by atoms with van der Waals surface area (Å²) in [6, 6.07) is 12.4. The predicted molar refractivity (Wildman–Crippen MR) is 107 cm³/mol. The molecular formula is C21H17F3N6O2. The zero-order chi connectivity index (χ0) is 22.5. The summed E-state index contributed by atoms with van der Waals surface area (Å²) in [5.41, 5.74) is 3.47. The minimum atomic E-state index is -4.60. The van der Waals surface area contributed by atoms with E-state index in [9.17, 15) is 18.0 Å². The van der Waals surface area contributed by atoms with Gasteiger partial charge in [-0.25, -0.2) is 10.2 Å². The van der Waals surface area contributed by atoms with E-state index in [2.05, 4.69) is 15.4 Å². The van der Waals surface area contributed by atoms with E-state index in [-0.39, 0.29) is 17.8 Å². The molecule has 2 heterocycles. The number of hydrogen-bond donors (Lipinski definition) is 2. The second-order valence-electron chi connectivity index (χ2n) is 7.68. The number of nitrogens with one attached hydrogen (secondary N) is 1. The summed E-state index contributed by atoms with van der Waals surface area (Å²) in [5.74, 6) is -0.706. The third-order valence-corrected chi connectivity index (χ3v) is 5.38. The van der Waals surface area contributed by atoms with E-state index >= 15 is 0 Å². The first-order valence-electron chi connectivity index (χ1n) is 9.87. The standard InChI is InChI=1S/C21H17F3N6O2/c22-21(23,24)19-10-16(14-5-8-18-17(9-14)25-28-30(18)15-6-7-15)26-29(19)11-12-1-3-13(4-2-12)20(31)27-32/h1-5,8-10,15,32H,6-7,11H2,(H,27,31). The van der Waals surface area contributed by atoms with Gasteiger partial charge in [0, 0.05) is 11.1 Å². The van der Waals surface area contributed by atoms with Crippen molar-refractivity contribution < 1.29 is 23.2 Å². The lowest BCUT2D eigenvalue weighted by Crippen LogP contribution is -2.18. The van der Waals surface area contributed by atoms with Gasteiger partial charge in [-0.05, 0) is 48.7 Å². The largest absolute Gasteiger partial charge is 0.433 e. The van der Waals surface area contributed by atoms with Crippen LogP contribution in [-0.4, -0.2) is 35.9 Å². The van der Waals surface area contributed by atoms with Crippen LogP contribution >= 0.6 is 0 Å². The molecule has 0 unspecified atom stereocenters. The molecule has 0 aliphatic heterocycles. The number of nitrogens with zero attached hydrogens (tertiary/aromatic N) is 5. The molecule has 1 amide bonds. The van der Waals surface area contributed by atoms with Crippen molar-refractivity contribution in [2.24, 2.45) is 0 Å². The highest BCUT2D eigenvalue weighted by molar-refractivity contribution is 5.93. The predicted octanol–water partition coefficient (Wildman–Crippen LogP) is 3.82. The number of benzene rings is 2. The number of carbonyl (C=O) groups is 1. The Labute approximate surface area is 179 Å². The Balaban J connectivity index is 1.48. The Kier molecular flexibility index (Phi) is 4.70. The fourth-order valence-corrected chi connectivity index (χ4v) is 3.60. The maximum Gasteiger partial charge on any atom is 0.433 e. The van der Waals surface area contributed by atoms with Crippen LogP contribution in [-0.2, 0) is 12.7 Å². The van der Waals surface area contributed by atoms with Crippen LogP contribution in [0, 0.1) is 0 Å². The van der Waals surface area contributed by atoms with Gasteiger partial charge >= 0.3 is 6.18 Å². The number of alkyl halides is 3. The average molecular weight is 442 g/mol. The highest BCUT2D eigenvalue weighted by Crippen LogP contribution is 2.37. The van der Waals surface area contributed by atoms with E-state index in [1.54, 1.807) is 18.2 Å². The molecule has 4 aromatic rings. The lowest BCUT2D eigenvalue weighted by Gasteiger charge is -2.10. The molecule has 2 aromatic carbocycles. The smallest absolute Gasteiger partial charge is 0.288 e. The molecule has 5 rings (SSSR count). The summed E-state index contributed by atoms with van der Waals surface area (Å²) >= 11 is 0. The number of carbonyl (C=O) groups excluding carboxylic acids is 1. The number of halogens is 3. The van der Waals surface area contributed by atoms with Crippen molar-refractivity contribution in [2.75, 3.05) is 0 Å². The highest BCUT2D eigenvalue weighted by Gasteiger charge is 2.36. The third kappa shape index (κ3) is 3.71. The average Bonchev–Trinajstić information content (AvgIpc) is 3.38. The molecular weight excluding hydrogens is 425 g/mol. The summed E-state index contributed by atoms with van der Waals surface area (Å²) in [5, 5.41) is 21.2. The van der Waals surface area contributed by atoms with Gasteiger partial charge in [0.25, 0.3) is 5.91 Å². The highest BCUT2D eigenvalue weighted by atomic mass is 19.4. The van der Waals surface area contributed by atoms with Crippen LogP contribution in [0.5, 0.6) is 0 Å². The maximum absolute atomic E-state index is 13.7. The van der Waals surface area contributed by atoms with Crippen molar-refractivity contribution in [2.45, 2.75) is 31.6 Å². The van der Waals surface area contributed by atoms with Crippen molar-refractivity contribution in [3.05, 3.63) is 65.4 Å².